The molecule has 6 heteroatoms. The first-order valence-corrected chi connectivity index (χ1v) is 10.3. The van der Waals surface area contributed by atoms with Gasteiger partial charge in [0.05, 0.1) is 10.9 Å². The van der Waals surface area contributed by atoms with Gasteiger partial charge in [0.25, 0.3) is 5.91 Å². The number of nitrogens with one attached hydrogen (secondary N) is 2. The molecule has 0 spiro atoms. The molecule has 1 saturated heterocycles. The lowest BCUT2D eigenvalue weighted by Gasteiger charge is -2.28. The lowest BCUT2D eigenvalue weighted by atomic mass is 10.1. The number of amides is 2. The highest BCUT2D eigenvalue weighted by Crippen LogP contribution is 2.36. The number of carbonyl (C=O) groups excluding carboxylic acids is 2. The van der Waals surface area contributed by atoms with Gasteiger partial charge in [0.15, 0.2) is 0 Å². The Kier molecular flexibility index (Phi) is 5.07. The zero-order valence-corrected chi connectivity index (χ0v) is 16.1. The number of benzene rings is 2. The molecule has 2 heterocycles. The van der Waals surface area contributed by atoms with Crippen molar-refractivity contribution in [3.8, 4) is 0 Å². The van der Waals surface area contributed by atoms with E-state index in [1.807, 2.05) is 25.1 Å². The fourth-order valence-electron chi connectivity index (χ4n) is 3.46. The van der Waals surface area contributed by atoms with Crippen molar-refractivity contribution < 1.29 is 9.59 Å². The molecule has 140 valence electrons. The first-order valence-electron chi connectivity index (χ1n) is 9.38. The Morgan fingerprint density at radius 3 is 2.59 bits per heavy atom. The molecule has 2 amide bonds. The van der Waals surface area contributed by atoms with Crippen molar-refractivity contribution in [3.05, 3.63) is 48.0 Å². The van der Waals surface area contributed by atoms with Crippen LogP contribution in [0, 0.1) is 0 Å². The molecule has 5 nitrogen and oxygen atoms in total. The van der Waals surface area contributed by atoms with Gasteiger partial charge >= 0.3 is 0 Å². The summed E-state index contributed by atoms with van der Waals surface area (Å²) in [5.74, 6) is -0.209. The zero-order chi connectivity index (χ0) is 18.8. The summed E-state index contributed by atoms with van der Waals surface area (Å²) in [5, 5.41) is 5.69. The van der Waals surface area contributed by atoms with E-state index in [1.54, 1.807) is 12.1 Å². The smallest absolute Gasteiger partial charge is 0.255 e. The normalized spacial score (nSPS) is 19.2. The lowest BCUT2D eigenvalue weighted by molar-refractivity contribution is -0.115. The van der Waals surface area contributed by atoms with Crippen molar-refractivity contribution in [3.63, 3.8) is 0 Å². The summed E-state index contributed by atoms with van der Waals surface area (Å²) < 4.78 is 0. The highest BCUT2D eigenvalue weighted by molar-refractivity contribution is 8.00. The van der Waals surface area contributed by atoms with Gasteiger partial charge in [-0.2, -0.15) is 0 Å². The van der Waals surface area contributed by atoms with Gasteiger partial charge in [-0.1, -0.05) is 0 Å². The van der Waals surface area contributed by atoms with Crippen LogP contribution in [0.5, 0.6) is 0 Å². The van der Waals surface area contributed by atoms with Crippen molar-refractivity contribution in [2.45, 2.75) is 36.3 Å². The van der Waals surface area contributed by atoms with Gasteiger partial charge in [-0.25, -0.2) is 0 Å². The van der Waals surface area contributed by atoms with Gasteiger partial charge < -0.3 is 15.5 Å². The van der Waals surface area contributed by atoms with Crippen molar-refractivity contribution in [2.24, 2.45) is 0 Å². The average Bonchev–Trinajstić information content (AvgIpc) is 2.70. The van der Waals surface area contributed by atoms with Crippen LogP contribution in [-0.4, -0.2) is 30.2 Å². The fourth-order valence-corrected chi connectivity index (χ4v) is 4.39. The zero-order valence-electron chi connectivity index (χ0n) is 15.3. The maximum Gasteiger partial charge on any atom is 0.255 e. The molecule has 1 fully saturated rings. The molecule has 27 heavy (non-hydrogen) atoms. The average molecular weight is 382 g/mol. The number of hydrogen-bond donors (Lipinski definition) is 2. The lowest BCUT2D eigenvalue weighted by Crippen LogP contribution is -2.29. The Balaban J connectivity index is 1.44. The number of anilines is 3. The SMILES string of the molecule is C[C@H]1Sc2ccc(C(=O)Nc3ccc(N4CCCCC4)cc3)cc2NC1=O. The van der Waals surface area contributed by atoms with Crippen molar-refractivity contribution >= 4 is 40.6 Å². The highest BCUT2D eigenvalue weighted by atomic mass is 32.2. The van der Waals surface area contributed by atoms with Crippen LogP contribution in [0.25, 0.3) is 0 Å². The number of piperidine rings is 1. The number of carbonyl (C=O) groups is 2. The Morgan fingerprint density at radius 1 is 1.11 bits per heavy atom. The van der Waals surface area contributed by atoms with E-state index < -0.39 is 0 Å². The Hall–Kier alpha value is -2.47. The van der Waals surface area contributed by atoms with Crippen molar-refractivity contribution in [2.75, 3.05) is 28.6 Å². The molecule has 2 aromatic carbocycles. The third-order valence-electron chi connectivity index (χ3n) is 5.02. The minimum Gasteiger partial charge on any atom is -0.372 e. The topological polar surface area (TPSA) is 61.4 Å². The summed E-state index contributed by atoms with van der Waals surface area (Å²) >= 11 is 1.51. The van der Waals surface area contributed by atoms with Crippen LogP contribution >= 0.6 is 11.8 Å². The van der Waals surface area contributed by atoms with E-state index in [4.69, 9.17) is 0 Å². The predicted octanol–water partition coefficient (Wildman–Crippen LogP) is 4.36. The maximum absolute atomic E-state index is 12.6. The van der Waals surface area contributed by atoms with E-state index in [0.29, 0.717) is 11.3 Å². The standard InChI is InChI=1S/C21H23N3O2S/c1-14-20(25)23-18-13-15(5-10-19(18)27-14)21(26)22-16-6-8-17(9-7-16)24-11-3-2-4-12-24/h5-10,13-14H,2-4,11-12H2,1H3,(H,22,26)(H,23,25)/t14-/m1/s1. The van der Waals surface area contributed by atoms with Gasteiger partial charge in [-0.05, 0) is 68.7 Å². The third-order valence-corrected chi connectivity index (χ3v) is 6.20. The first kappa shape index (κ1) is 17.9. The van der Waals surface area contributed by atoms with Crippen molar-refractivity contribution in [1.82, 2.24) is 0 Å². The summed E-state index contributed by atoms with van der Waals surface area (Å²) in [7, 11) is 0. The molecule has 0 bridgehead atoms. The minimum absolute atomic E-state index is 0.0293. The number of fused-ring (bicyclic) bond motifs is 1. The number of rotatable bonds is 3. The summed E-state index contributed by atoms with van der Waals surface area (Å²) in [4.78, 5) is 27.8. The summed E-state index contributed by atoms with van der Waals surface area (Å²) in [6.45, 7) is 4.07. The third kappa shape index (κ3) is 3.95. The highest BCUT2D eigenvalue weighted by Gasteiger charge is 2.23. The molecule has 0 aliphatic carbocycles. The van der Waals surface area contributed by atoms with E-state index in [-0.39, 0.29) is 17.1 Å². The molecule has 4 rings (SSSR count). The van der Waals surface area contributed by atoms with Gasteiger partial charge in [0.1, 0.15) is 0 Å². The molecule has 0 aromatic heterocycles. The second-order valence-corrected chi connectivity index (χ2v) is 8.39. The first-order chi connectivity index (χ1) is 13.1. The number of nitrogens with zero attached hydrogens (tertiary/aromatic N) is 1. The molecule has 0 saturated carbocycles. The molecule has 1 atom stereocenters. The minimum atomic E-state index is -0.179. The summed E-state index contributed by atoms with van der Waals surface area (Å²) in [5.41, 5.74) is 3.21. The van der Waals surface area contributed by atoms with E-state index in [2.05, 4.69) is 27.7 Å². The summed E-state index contributed by atoms with van der Waals surface area (Å²) in [6, 6.07) is 13.4. The van der Waals surface area contributed by atoms with E-state index in [1.165, 1.54) is 36.7 Å². The largest absolute Gasteiger partial charge is 0.372 e. The Bertz CT molecular complexity index is 860. The van der Waals surface area contributed by atoms with E-state index >= 15 is 0 Å². The van der Waals surface area contributed by atoms with Gasteiger partial charge in [-0.15, -0.1) is 11.8 Å². The molecular weight excluding hydrogens is 358 g/mol. The summed E-state index contributed by atoms with van der Waals surface area (Å²) in [6.07, 6.45) is 3.79. The van der Waals surface area contributed by atoms with Crippen LogP contribution in [0.3, 0.4) is 0 Å². The second kappa shape index (κ2) is 7.64. The molecule has 2 aliphatic rings. The number of hydrogen-bond acceptors (Lipinski definition) is 4. The van der Waals surface area contributed by atoms with Crippen LogP contribution in [0.4, 0.5) is 17.1 Å². The molecule has 2 aliphatic heterocycles. The maximum atomic E-state index is 12.6. The Morgan fingerprint density at radius 2 is 1.85 bits per heavy atom. The van der Waals surface area contributed by atoms with Crippen LogP contribution in [0.2, 0.25) is 0 Å². The van der Waals surface area contributed by atoms with Gasteiger partial charge in [0.2, 0.25) is 5.91 Å². The number of thioether (sulfide) groups is 1. The van der Waals surface area contributed by atoms with Crippen LogP contribution in [0.15, 0.2) is 47.4 Å². The fraction of sp³-hybridized carbons (Fsp3) is 0.333. The monoisotopic (exact) mass is 381 g/mol. The molecule has 0 unspecified atom stereocenters. The predicted molar refractivity (Wildman–Crippen MR) is 111 cm³/mol. The van der Waals surface area contributed by atoms with Crippen molar-refractivity contribution in [1.29, 1.82) is 0 Å². The van der Waals surface area contributed by atoms with Crippen LogP contribution < -0.4 is 15.5 Å². The molecule has 2 aromatic rings. The molecule has 2 N–H and O–H groups in total. The van der Waals surface area contributed by atoms with Gasteiger partial charge in [0, 0.05) is 34.9 Å². The quantitative estimate of drug-likeness (QED) is 0.829. The van der Waals surface area contributed by atoms with Crippen LogP contribution in [-0.2, 0) is 4.79 Å². The molecule has 0 radical (unpaired) electrons. The molecular formula is C21H23N3O2S. The Labute approximate surface area is 163 Å². The van der Waals surface area contributed by atoms with E-state index in [9.17, 15) is 9.59 Å². The van der Waals surface area contributed by atoms with Gasteiger partial charge in [-0.3, -0.25) is 9.59 Å². The second-order valence-electron chi connectivity index (χ2n) is 7.01. The van der Waals surface area contributed by atoms with E-state index in [0.717, 1.165) is 23.7 Å². The van der Waals surface area contributed by atoms with Crippen LogP contribution in [0.1, 0.15) is 36.5 Å².